The van der Waals surface area contributed by atoms with Crippen molar-refractivity contribution in [3.63, 3.8) is 0 Å². The van der Waals surface area contributed by atoms with Crippen LogP contribution in [-0.2, 0) is 4.79 Å². The summed E-state index contributed by atoms with van der Waals surface area (Å²) in [6, 6.07) is 0.0874. The predicted octanol–water partition coefficient (Wildman–Crippen LogP) is -1.25. The summed E-state index contributed by atoms with van der Waals surface area (Å²) in [6.45, 7) is 2.86. The second-order valence-corrected chi connectivity index (χ2v) is 2.64. The zero-order valence-corrected chi connectivity index (χ0v) is 6.50. The summed E-state index contributed by atoms with van der Waals surface area (Å²) in [7, 11) is 1.81. The fourth-order valence-corrected chi connectivity index (χ4v) is 0.822. The third-order valence-electron chi connectivity index (χ3n) is 1.03. The van der Waals surface area contributed by atoms with Gasteiger partial charge in [-0.25, -0.2) is 0 Å². The molecule has 0 aromatic carbocycles. The molecule has 0 saturated carbocycles. The molecule has 4 N–H and O–H groups in total. The predicted molar refractivity (Wildman–Crippen MR) is 40.3 cm³/mol. The minimum atomic E-state index is -0.317. The van der Waals surface area contributed by atoms with E-state index in [0.29, 0.717) is 6.54 Å². The first-order chi connectivity index (χ1) is 4.52. The van der Waals surface area contributed by atoms with E-state index in [-0.39, 0.29) is 18.5 Å². The zero-order valence-electron chi connectivity index (χ0n) is 6.50. The molecular formula is C6H15N3O. The van der Waals surface area contributed by atoms with Crippen molar-refractivity contribution < 1.29 is 4.79 Å². The van der Waals surface area contributed by atoms with Crippen molar-refractivity contribution in [3.8, 4) is 0 Å². The van der Waals surface area contributed by atoms with Crippen molar-refractivity contribution in [1.29, 1.82) is 0 Å². The number of amides is 1. The lowest BCUT2D eigenvalue weighted by atomic mass is 10.3. The van der Waals surface area contributed by atoms with Crippen LogP contribution in [0, 0.1) is 0 Å². The molecule has 0 radical (unpaired) electrons. The molecule has 0 heterocycles. The van der Waals surface area contributed by atoms with Crippen LogP contribution in [0.5, 0.6) is 0 Å². The van der Waals surface area contributed by atoms with Crippen LogP contribution in [0.3, 0.4) is 0 Å². The molecule has 4 nitrogen and oxygen atoms in total. The van der Waals surface area contributed by atoms with Gasteiger partial charge >= 0.3 is 0 Å². The molecule has 1 unspecified atom stereocenters. The molecule has 1 amide bonds. The minimum absolute atomic E-state index is 0.0874. The van der Waals surface area contributed by atoms with Crippen LogP contribution in [0.2, 0.25) is 0 Å². The quantitative estimate of drug-likeness (QED) is 0.519. The molecule has 0 rings (SSSR count). The number of carbonyl (C=O) groups is 1. The minimum Gasteiger partial charge on any atom is -0.369 e. The van der Waals surface area contributed by atoms with Gasteiger partial charge in [-0.2, -0.15) is 0 Å². The number of rotatable bonds is 4. The molecule has 0 fully saturated rings. The van der Waals surface area contributed by atoms with Crippen molar-refractivity contribution in [2.75, 3.05) is 20.1 Å². The Morgan fingerprint density at radius 3 is 2.50 bits per heavy atom. The first-order valence-corrected chi connectivity index (χ1v) is 3.24. The van der Waals surface area contributed by atoms with E-state index >= 15 is 0 Å². The van der Waals surface area contributed by atoms with E-state index in [0.717, 1.165) is 0 Å². The highest BCUT2D eigenvalue weighted by Gasteiger charge is 2.03. The Hall–Kier alpha value is -0.610. The number of likely N-dealkylation sites (N-methyl/N-ethyl adjacent to an activating group) is 1. The summed E-state index contributed by atoms with van der Waals surface area (Å²) in [5.41, 5.74) is 10.4. The van der Waals surface area contributed by atoms with Gasteiger partial charge in [0.05, 0.1) is 6.54 Å². The van der Waals surface area contributed by atoms with E-state index in [1.807, 2.05) is 14.0 Å². The van der Waals surface area contributed by atoms with Crippen LogP contribution in [0.4, 0.5) is 0 Å². The molecule has 0 aromatic heterocycles. The summed E-state index contributed by atoms with van der Waals surface area (Å²) in [6.07, 6.45) is 0. The number of hydrogen-bond donors (Lipinski definition) is 2. The molecule has 0 spiro atoms. The Morgan fingerprint density at radius 2 is 2.20 bits per heavy atom. The molecule has 0 bridgehead atoms. The summed E-state index contributed by atoms with van der Waals surface area (Å²) in [4.78, 5) is 12.1. The maximum Gasteiger partial charge on any atom is 0.231 e. The van der Waals surface area contributed by atoms with E-state index < -0.39 is 0 Å². The molecule has 4 heteroatoms. The average molecular weight is 145 g/mol. The van der Waals surface area contributed by atoms with Crippen molar-refractivity contribution in [2.24, 2.45) is 11.5 Å². The Morgan fingerprint density at radius 1 is 1.70 bits per heavy atom. The molecule has 0 aliphatic rings. The van der Waals surface area contributed by atoms with Gasteiger partial charge in [0, 0.05) is 12.6 Å². The molecule has 1 atom stereocenters. The lowest BCUT2D eigenvalue weighted by Crippen LogP contribution is -2.38. The maximum atomic E-state index is 10.3. The highest BCUT2D eigenvalue weighted by Crippen LogP contribution is 1.83. The summed E-state index contributed by atoms with van der Waals surface area (Å²) < 4.78 is 0. The summed E-state index contributed by atoms with van der Waals surface area (Å²) in [5.74, 6) is -0.317. The van der Waals surface area contributed by atoms with Gasteiger partial charge in [-0.05, 0) is 14.0 Å². The van der Waals surface area contributed by atoms with Gasteiger partial charge in [0.15, 0.2) is 0 Å². The summed E-state index contributed by atoms with van der Waals surface area (Å²) in [5, 5.41) is 0. The Balaban J connectivity index is 3.43. The van der Waals surface area contributed by atoms with Crippen molar-refractivity contribution in [2.45, 2.75) is 13.0 Å². The Labute approximate surface area is 61.2 Å². The first kappa shape index (κ1) is 9.39. The fourth-order valence-electron chi connectivity index (χ4n) is 0.822. The third-order valence-corrected chi connectivity index (χ3v) is 1.03. The third kappa shape index (κ3) is 5.53. The number of carbonyl (C=O) groups excluding carboxylic acids is 1. The smallest absolute Gasteiger partial charge is 0.231 e. The van der Waals surface area contributed by atoms with E-state index in [2.05, 4.69) is 0 Å². The Kier molecular flexibility index (Phi) is 3.99. The van der Waals surface area contributed by atoms with Crippen molar-refractivity contribution >= 4 is 5.91 Å². The highest BCUT2D eigenvalue weighted by atomic mass is 16.1. The molecule has 0 aliphatic heterocycles. The van der Waals surface area contributed by atoms with Gasteiger partial charge in [0.2, 0.25) is 5.91 Å². The van der Waals surface area contributed by atoms with Crippen molar-refractivity contribution in [1.82, 2.24) is 4.90 Å². The highest BCUT2D eigenvalue weighted by molar-refractivity contribution is 5.75. The summed E-state index contributed by atoms with van der Waals surface area (Å²) >= 11 is 0. The fraction of sp³-hybridized carbons (Fsp3) is 0.833. The largest absolute Gasteiger partial charge is 0.369 e. The topological polar surface area (TPSA) is 72.3 Å². The molecule has 60 valence electrons. The number of primary amides is 1. The second-order valence-electron chi connectivity index (χ2n) is 2.64. The van der Waals surface area contributed by atoms with Gasteiger partial charge in [0.25, 0.3) is 0 Å². The lowest BCUT2D eigenvalue weighted by Gasteiger charge is -2.16. The Bertz CT molecular complexity index is 114. The van der Waals surface area contributed by atoms with Gasteiger partial charge in [-0.15, -0.1) is 0 Å². The molecule has 0 aromatic rings. The van der Waals surface area contributed by atoms with Crippen LogP contribution in [0.25, 0.3) is 0 Å². The second kappa shape index (κ2) is 4.24. The van der Waals surface area contributed by atoms with Crippen molar-refractivity contribution in [3.05, 3.63) is 0 Å². The molecule has 10 heavy (non-hydrogen) atoms. The SMILES string of the molecule is CC(N)CN(C)CC(N)=O. The van der Waals surface area contributed by atoms with Gasteiger partial charge < -0.3 is 11.5 Å². The maximum absolute atomic E-state index is 10.3. The number of hydrogen-bond acceptors (Lipinski definition) is 3. The van der Waals surface area contributed by atoms with Crippen LogP contribution in [0.15, 0.2) is 0 Å². The average Bonchev–Trinajstić information content (AvgIpc) is 1.58. The van der Waals surface area contributed by atoms with E-state index in [9.17, 15) is 4.79 Å². The van der Waals surface area contributed by atoms with Crippen LogP contribution in [-0.4, -0.2) is 37.0 Å². The van der Waals surface area contributed by atoms with Gasteiger partial charge in [-0.1, -0.05) is 0 Å². The standard InChI is InChI=1S/C6H15N3O/c1-5(7)3-9(2)4-6(8)10/h5H,3-4,7H2,1-2H3,(H2,8,10). The normalized spacial score (nSPS) is 13.6. The number of nitrogens with two attached hydrogens (primary N) is 2. The molecule has 0 saturated heterocycles. The van der Waals surface area contributed by atoms with Crippen LogP contribution in [0.1, 0.15) is 6.92 Å². The zero-order chi connectivity index (χ0) is 8.15. The molecule has 0 aliphatic carbocycles. The van der Waals surface area contributed by atoms with Gasteiger partial charge in [0.1, 0.15) is 0 Å². The van der Waals surface area contributed by atoms with Gasteiger partial charge in [-0.3, -0.25) is 9.69 Å². The number of nitrogens with zero attached hydrogens (tertiary/aromatic N) is 1. The molecular weight excluding hydrogens is 130 g/mol. The van der Waals surface area contributed by atoms with E-state index in [1.54, 1.807) is 4.90 Å². The van der Waals surface area contributed by atoms with Crippen LogP contribution < -0.4 is 11.5 Å². The monoisotopic (exact) mass is 145 g/mol. The lowest BCUT2D eigenvalue weighted by molar-refractivity contribution is -0.118. The first-order valence-electron chi connectivity index (χ1n) is 3.24. The van der Waals surface area contributed by atoms with E-state index in [4.69, 9.17) is 11.5 Å². The van der Waals surface area contributed by atoms with Crippen LogP contribution >= 0.6 is 0 Å². The van der Waals surface area contributed by atoms with E-state index in [1.165, 1.54) is 0 Å².